The molecule has 7 nitrogen and oxygen atoms in total. The minimum atomic E-state index is -0.371. The van der Waals surface area contributed by atoms with Gasteiger partial charge in [0, 0.05) is 43.9 Å². The molecule has 0 spiro atoms. The molecular weight excluding hydrogens is 560 g/mol. The highest BCUT2D eigenvalue weighted by atomic mass is 16.5. The number of carbonyl (C=O) groups excluding carboxylic acids is 2. The number of rotatable bonds is 14. The van der Waals surface area contributed by atoms with E-state index in [9.17, 15) is 9.59 Å². The van der Waals surface area contributed by atoms with Crippen LogP contribution in [0.3, 0.4) is 0 Å². The topological polar surface area (TPSA) is 88.2 Å². The third-order valence-corrected chi connectivity index (χ3v) is 8.45. The Morgan fingerprint density at radius 1 is 0.956 bits per heavy atom. The Kier molecular flexibility index (Phi) is 10.4. The van der Waals surface area contributed by atoms with Gasteiger partial charge in [0.15, 0.2) is 6.61 Å². The lowest BCUT2D eigenvalue weighted by Gasteiger charge is -2.30. The molecule has 4 aromatic carbocycles. The molecule has 5 rings (SSSR count). The van der Waals surface area contributed by atoms with E-state index < -0.39 is 0 Å². The molecular formula is C38H38N4O3. The van der Waals surface area contributed by atoms with Crippen molar-refractivity contribution in [2.24, 2.45) is 11.8 Å². The summed E-state index contributed by atoms with van der Waals surface area (Å²) in [4.78, 5) is 34.0. The number of hydrogen-bond acceptors (Lipinski definition) is 5. The van der Waals surface area contributed by atoms with Gasteiger partial charge in [-0.3, -0.25) is 9.59 Å². The van der Waals surface area contributed by atoms with Crippen LogP contribution >= 0.6 is 0 Å². The second-order valence-corrected chi connectivity index (χ2v) is 11.5. The van der Waals surface area contributed by atoms with Crippen LogP contribution < -0.4 is 4.74 Å². The summed E-state index contributed by atoms with van der Waals surface area (Å²) in [7, 11) is 0. The summed E-state index contributed by atoms with van der Waals surface area (Å²) in [6, 6.07) is 33.1. The molecule has 228 valence electrons. The van der Waals surface area contributed by atoms with Gasteiger partial charge in [0.05, 0.1) is 18.0 Å². The first-order valence-electron chi connectivity index (χ1n) is 15.4. The Labute approximate surface area is 264 Å². The number of ether oxygens (including phenoxy) is 1. The quantitative estimate of drug-likeness (QED) is 0.140. The Morgan fingerprint density at radius 2 is 1.69 bits per heavy atom. The number of nitriles is 1. The number of hydrogen-bond donors (Lipinski definition) is 0. The van der Waals surface area contributed by atoms with Crippen LogP contribution in [0.15, 0.2) is 110 Å². The van der Waals surface area contributed by atoms with Crippen LogP contribution in [0.4, 0.5) is 0 Å². The number of para-hydroxylation sites is 1. The van der Waals surface area contributed by atoms with Crippen LogP contribution in [0.25, 0.3) is 10.8 Å². The molecule has 0 aliphatic heterocycles. The van der Waals surface area contributed by atoms with Crippen molar-refractivity contribution in [2.75, 3.05) is 13.2 Å². The number of fused-ring (bicyclic) bond motifs is 1. The van der Waals surface area contributed by atoms with Crippen molar-refractivity contribution in [3.05, 3.63) is 132 Å². The molecule has 1 amide bonds. The molecule has 1 aromatic heterocycles. The lowest BCUT2D eigenvalue weighted by Crippen LogP contribution is -2.42. The summed E-state index contributed by atoms with van der Waals surface area (Å²) in [6.45, 7) is 5.25. The molecule has 0 radical (unpaired) electrons. The van der Waals surface area contributed by atoms with E-state index in [-0.39, 0.29) is 43.1 Å². The number of Topliss-reactive ketones (excluding diaryl/α,β-unsaturated/α-hetero) is 1. The minimum absolute atomic E-state index is 0.0604. The third kappa shape index (κ3) is 8.04. The van der Waals surface area contributed by atoms with E-state index in [1.165, 1.54) is 0 Å². The molecule has 5 aromatic rings. The highest BCUT2D eigenvalue weighted by Gasteiger charge is 2.29. The van der Waals surface area contributed by atoms with Crippen LogP contribution in [0.2, 0.25) is 0 Å². The second-order valence-electron chi connectivity index (χ2n) is 11.5. The van der Waals surface area contributed by atoms with E-state index in [4.69, 9.17) is 10.00 Å². The Hall–Kier alpha value is -5.22. The van der Waals surface area contributed by atoms with Crippen molar-refractivity contribution >= 4 is 22.5 Å². The van der Waals surface area contributed by atoms with Crippen LogP contribution in [0, 0.1) is 23.2 Å². The zero-order valence-corrected chi connectivity index (χ0v) is 25.8. The molecule has 7 heteroatoms. The molecule has 2 atom stereocenters. The summed E-state index contributed by atoms with van der Waals surface area (Å²) in [5, 5.41) is 11.3. The molecule has 0 saturated carbocycles. The number of nitrogens with zero attached hydrogens (tertiary/aromatic N) is 4. The van der Waals surface area contributed by atoms with Gasteiger partial charge < -0.3 is 14.2 Å². The van der Waals surface area contributed by atoms with E-state index in [0.29, 0.717) is 24.4 Å². The van der Waals surface area contributed by atoms with E-state index >= 15 is 0 Å². The first-order valence-corrected chi connectivity index (χ1v) is 15.4. The summed E-state index contributed by atoms with van der Waals surface area (Å²) in [5.41, 5.74) is 3.46. The molecule has 0 aliphatic carbocycles. The fraction of sp³-hybridized carbons (Fsp3) is 0.263. The van der Waals surface area contributed by atoms with Gasteiger partial charge in [0.1, 0.15) is 11.5 Å². The molecule has 0 unspecified atom stereocenters. The maximum absolute atomic E-state index is 14.1. The molecule has 0 saturated heterocycles. The maximum atomic E-state index is 14.1. The minimum Gasteiger partial charge on any atom is -0.484 e. The second kappa shape index (κ2) is 15.0. The van der Waals surface area contributed by atoms with Gasteiger partial charge >= 0.3 is 0 Å². The summed E-state index contributed by atoms with van der Waals surface area (Å²) < 4.78 is 7.84. The zero-order valence-electron chi connectivity index (χ0n) is 25.8. The Bertz CT molecular complexity index is 1770. The Morgan fingerprint density at radius 3 is 2.44 bits per heavy atom. The zero-order chi connectivity index (χ0) is 31.6. The first-order chi connectivity index (χ1) is 21.9. The predicted octanol–water partition coefficient (Wildman–Crippen LogP) is 6.84. The van der Waals surface area contributed by atoms with Gasteiger partial charge in [-0.25, -0.2) is 4.98 Å². The van der Waals surface area contributed by atoms with E-state index in [2.05, 4.69) is 43.1 Å². The number of benzene rings is 4. The van der Waals surface area contributed by atoms with Crippen molar-refractivity contribution in [3.8, 4) is 11.8 Å². The number of ketones is 1. The fourth-order valence-electron chi connectivity index (χ4n) is 5.59. The van der Waals surface area contributed by atoms with E-state index in [0.717, 1.165) is 34.0 Å². The predicted molar refractivity (Wildman–Crippen MR) is 175 cm³/mol. The van der Waals surface area contributed by atoms with Crippen molar-refractivity contribution in [3.63, 3.8) is 0 Å². The van der Waals surface area contributed by atoms with Gasteiger partial charge in [-0.1, -0.05) is 93.1 Å². The summed E-state index contributed by atoms with van der Waals surface area (Å²) in [6.07, 6.45) is 4.48. The number of carbonyl (C=O) groups is 2. The summed E-state index contributed by atoms with van der Waals surface area (Å²) in [5.74, 6) is 0.222. The number of aromatic nitrogens is 2. The van der Waals surface area contributed by atoms with Crippen LogP contribution in [-0.4, -0.2) is 39.3 Å². The van der Waals surface area contributed by atoms with Crippen molar-refractivity contribution in [2.45, 2.75) is 39.8 Å². The van der Waals surface area contributed by atoms with Crippen LogP contribution in [0.1, 0.15) is 42.7 Å². The molecule has 0 aliphatic rings. The first kappa shape index (κ1) is 31.2. The molecule has 0 N–H and O–H groups in total. The Balaban J connectivity index is 1.37. The number of amides is 1. The monoisotopic (exact) mass is 598 g/mol. The smallest absolute Gasteiger partial charge is 0.260 e. The average molecular weight is 599 g/mol. The van der Waals surface area contributed by atoms with Crippen LogP contribution in [0.5, 0.6) is 5.75 Å². The van der Waals surface area contributed by atoms with Crippen molar-refractivity contribution < 1.29 is 14.3 Å². The largest absolute Gasteiger partial charge is 0.484 e. The molecule has 1 heterocycles. The molecule has 0 fully saturated rings. The van der Waals surface area contributed by atoms with Gasteiger partial charge in [0.2, 0.25) is 0 Å². The SMILES string of the molecule is CC[C@H](C)[C@@H](CN(Cc1cccc2ccccc12)C(=O)COc1ccccc1)C(=O)Cc1cncn1Cc1ccc(C#N)cc1. The van der Waals surface area contributed by atoms with Gasteiger partial charge in [0.25, 0.3) is 5.91 Å². The van der Waals surface area contributed by atoms with E-state index in [1.54, 1.807) is 29.6 Å². The van der Waals surface area contributed by atoms with Gasteiger partial charge in [-0.05, 0) is 52.1 Å². The normalized spacial score (nSPS) is 12.3. The highest BCUT2D eigenvalue weighted by molar-refractivity contribution is 5.87. The summed E-state index contributed by atoms with van der Waals surface area (Å²) >= 11 is 0. The maximum Gasteiger partial charge on any atom is 0.260 e. The third-order valence-electron chi connectivity index (χ3n) is 8.45. The lowest BCUT2D eigenvalue weighted by atomic mass is 9.85. The average Bonchev–Trinajstić information content (AvgIpc) is 3.51. The number of imidazole rings is 1. The molecule has 0 bridgehead atoms. The van der Waals surface area contributed by atoms with Gasteiger partial charge in [-0.15, -0.1) is 0 Å². The standard InChI is InChI=1S/C38H38N4O3/c1-3-28(2)36(37(43)20-33-22-40-27-42(33)23-30-18-16-29(21-39)17-19-30)25-41(38(44)26-45-34-13-5-4-6-14-34)24-32-12-9-11-31-10-7-8-15-35(31)32/h4-19,22,27-28,36H,3,20,23-26H2,1-2H3/t28-,36+/m0/s1. The van der Waals surface area contributed by atoms with Crippen LogP contribution in [-0.2, 0) is 29.1 Å². The van der Waals surface area contributed by atoms with Gasteiger partial charge in [-0.2, -0.15) is 5.26 Å². The van der Waals surface area contributed by atoms with E-state index in [1.807, 2.05) is 71.3 Å². The fourth-order valence-corrected chi connectivity index (χ4v) is 5.59. The highest BCUT2D eigenvalue weighted by Crippen LogP contribution is 2.25. The van der Waals surface area contributed by atoms with Crippen molar-refractivity contribution in [1.29, 1.82) is 5.26 Å². The van der Waals surface area contributed by atoms with Crippen molar-refractivity contribution in [1.82, 2.24) is 14.5 Å². The lowest BCUT2D eigenvalue weighted by molar-refractivity contribution is -0.136. The molecule has 45 heavy (non-hydrogen) atoms.